The van der Waals surface area contributed by atoms with Crippen LogP contribution in [-0.2, 0) is 22.7 Å². The molecule has 1 heterocycles. The maximum absolute atomic E-state index is 12.4. The van der Waals surface area contributed by atoms with Crippen LogP contribution in [0.2, 0.25) is 0 Å². The molecule has 166 valence electrons. The molecular weight excluding hydrogens is 410 g/mol. The molecule has 0 aliphatic heterocycles. The Kier molecular flexibility index (Phi) is 8.28. The van der Waals surface area contributed by atoms with Crippen LogP contribution < -0.4 is 10.9 Å². The van der Waals surface area contributed by atoms with E-state index in [4.69, 9.17) is 4.74 Å². The van der Waals surface area contributed by atoms with Gasteiger partial charge >= 0.3 is 6.09 Å². The number of carbonyl (C=O) groups excluding carboxylic acids is 2. The molecule has 8 nitrogen and oxygen atoms in total. The second-order valence-corrected chi connectivity index (χ2v) is 7.22. The average Bonchev–Trinajstić information content (AvgIpc) is 2.82. The smallest absolute Gasteiger partial charge is 0.407 e. The number of fused-ring (bicyclic) bond motifs is 1. The zero-order valence-corrected chi connectivity index (χ0v) is 17.5. The molecule has 3 rings (SSSR count). The number of ether oxygens (including phenoxy) is 1. The zero-order chi connectivity index (χ0) is 22.8. The van der Waals surface area contributed by atoms with Crippen LogP contribution in [0.1, 0.15) is 18.4 Å². The van der Waals surface area contributed by atoms with Crippen LogP contribution in [0.15, 0.2) is 77.9 Å². The van der Waals surface area contributed by atoms with E-state index in [0.29, 0.717) is 30.3 Å². The fourth-order valence-electron chi connectivity index (χ4n) is 3.03. The summed E-state index contributed by atoms with van der Waals surface area (Å²) >= 11 is 0. The number of aromatic nitrogens is 2. The predicted octanol–water partition coefficient (Wildman–Crippen LogP) is 2.59. The van der Waals surface area contributed by atoms with E-state index < -0.39 is 12.2 Å². The van der Waals surface area contributed by atoms with Gasteiger partial charge in [0.05, 0.1) is 29.9 Å². The fraction of sp³-hybridized carbons (Fsp3) is 0.250. The third kappa shape index (κ3) is 6.88. The number of aliphatic hydroxyl groups excluding tert-OH is 1. The molecule has 0 saturated heterocycles. The minimum atomic E-state index is -0.840. The second kappa shape index (κ2) is 11.6. The van der Waals surface area contributed by atoms with E-state index in [0.717, 1.165) is 5.56 Å². The van der Waals surface area contributed by atoms with Gasteiger partial charge in [0.25, 0.3) is 5.56 Å². The molecule has 0 bridgehead atoms. The number of carbonyl (C=O) groups is 2. The molecule has 0 radical (unpaired) electrons. The number of ketones is 1. The Balaban J connectivity index is 1.36. The molecule has 3 aromatic rings. The van der Waals surface area contributed by atoms with Gasteiger partial charge in [0, 0.05) is 6.54 Å². The minimum absolute atomic E-state index is 0.158. The van der Waals surface area contributed by atoms with Crippen LogP contribution in [0.5, 0.6) is 0 Å². The maximum Gasteiger partial charge on any atom is 0.407 e. The van der Waals surface area contributed by atoms with Crippen molar-refractivity contribution < 1.29 is 19.4 Å². The average molecular weight is 435 g/mol. The molecule has 2 aromatic carbocycles. The highest BCUT2D eigenvalue weighted by Gasteiger charge is 2.07. The van der Waals surface area contributed by atoms with E-state index in [1.807, 2.05) is 30.3 Å². The Labute approximate surface area is 185 Å². The summed E-state index contributed by atoms with van der Waals surface area (Å²) in [4.78, 5) is 40.4. The molecule has 1 atom stereocenters. The first kappa shape index (κ1) is 22.9. The second-order valence-electron chi connectivity index (χ2n) is 7.22. The fourth-order valence-corrected chi connectivity index (χ4v) is 3.03. The topological polar surface area (TPSA) is 111 Å². The first-order valence-corrected chi connectivity index (χ1v) is 10.3. The van der Waals surface area contributed by atoms with Crippen LogP contribution in [0.25, 0.3) is 10.9 Å². The standard InChI is InChI=1S/C24H25N3O5/c28-19(9-6-14-25-24(31)32-16-18-7-2-1-3-8-18)12-13-20(29)15-27-17-26-22-11-5-4-10-21(22)23(27)30/h1-5,7-8,10-13,17,19,28H,6,9,14-16H2,(H,25,31)/b13-12+/t19-/m0/s1. The van der Waals surface area contributed by atoms with Gasteiger partial charge in [-0.15, -0.1) is 0 Å². The minimum Gasteiger partial charge on any atom is -0.445 e. The van der Waals surface area contributed by atoms with Gasteiger partial charge in [0.1, 0.15) is 6.61 Å². The van der Waals surface area contributed by atoms with E-state index in [-0.39, 0.29) is 24.5 Å². The lowest BCUT2D eigenvalue weighted by atomic mass is 10.1. The van der Waals surface area contributed by atoms with Gasteiger partial charge in [-0.2, -0.15) is 0 Å². The molecule has 1 amide bonds. The monoisotopic (exact) mass is 435 g/mol. The van der Waals surface area contributed by atoms with Gasteiger partial charge in [0.15, 0.2) is 5.78 Å². The number of nitrogens with one attached hydrogen (secondary N) is 1. The van der Waals surface area contributed by atoms with Gasteiger partial charge < -0.3 is 15.2 Å². The normalized spacial score (nSPS) is 12.0. The van der Waals surface area contributed by atoms with Crippen molar-refractivity contribution in [3.63, 3.8) is 0 Å². The molecule has 0 aliphatic carbocycles. The predicted molar refractivity (Wildman–Crippen MR) is 120 cm³/mol. The molecule has 1 aromatic heterocycles. The molecule has 0 aliphatic rings. The highest BCUT2D eigenvalue weighted by Crippen LogP contribution is 2.05. The van der Waals surface area contributed by atoms with Crippen LogP contribution in [-0.4, -0.2) is 39.2 Å². The summed E-state index contributed by atoms with van der Waals surface area (Å²) in [7, 11) is 0. The summed E-state index contributed by atoms with van der Waals surface area (Å²) in [6.45, 7) is 0.370. The highest BCUT2D eigenvalue weighted by atomic mass is 16.5. The summed E-state index contributed by atoms with van der Waals surface area (Å²) < 4.78 is 6.35. The number of hydrogen-bond donors (Lipinski definition) is 2. The first-order valence-electron chi connectivity index (χ1n) is 10.3. The number of benzene rings is 2. The summed E-state index contributed by atoms with van der Waals surface area (Å²) in [5.74, 6) is -0.328. The van der Waals surface area contributed by atoms with Crippen molar-refractivity contribution in [1.82, 2.24) is 14.9 Å². The van der Waals surface area contributed by atoms with Gasteiger partial charge in [0.2, 0.25) is 0 Å². The van der Waals surface area contributed by atoms with Gasteiger partial charge in [-0.25, -0.2) is 9.78 Å². The number of amides is 1. The SMILES string of the molecule is O=C(/C=C/[C@@H](O)CCCNC(=O)OCc1ccccc1)Cn1cnc2ccccc2c1=O. The Hall–Kier alpha value is -3.78. The van der Waals surface area contributed by atoms with Crippen molar-refractivity contribution in [2.24, 2.45) is 0 Å². The molecule has 0 fully saturated rings. The third-order valence-electron chi connectivity index (χ3n) is 4.72. The van der Waals surface area contributed by atoms with E-state index in [1.165, 1.54) is 23.0 Å². The van der Waals surface area contributed by atoms with Crippen LogP contribution in [0.4, 0.5) is 4.79 Å². The van der Waals surface area contributed by atoms with Crippen LogP contribution in [0.3, 0.4) is 0 Å². The number of alkyl carbamates (subject to hydrolysis) is 1. The molecule has 0 unspecified atom stereocenters. The van der Waals surface area contributed by atoms with Gasteiger partial charge in [-0.05, 0) is 36.6 Å². The molecule has 8 heteroatoms. The number of aliphatic hydroxyl groups is 1. The number of hydrogen-bond acceptors (Lipinski definition) is 6. The maximum atomic E-state index is 12.4. The number of nitrogens with zero attached hydrogens (tertiary/aromatic N) is 2. The van der Waals surface area contributed by atoms with E-state index in [1.54, 1.807) is 24.3 Å². The summed E-state index contributed by atoms with van der Waals surface area (Å²) in [5.41, 5.74) is 1.18. The number of allylic oxidation sites excluding steroid dienone is 1. The van der Waals surface area contributed by atoms with Crippen molar-refractivity contribution in [1.29, 1.82) is 0 Å². The number of rotatable bonds is 10. The lowest BCUT2D eigenvalue weighted by Crippen LogP contribution is -2.26. The van der Waals surface area contributed by atoms with Crippen molar-refractivity contribution in [2.45, 2.75) is 32.1 Å². The van der Waals surface area contributed by atoms with Crippen molar-refractivity contribution in [3.05, 3.63) is 89.0 Å². The lowest BCUT2D eigenvalue weighted by Gasteiger charge is -2.08. The van der Waals surface area contributed by atoms with E-state index in [2.05, 4.69) is 10.3 Å². The lowest BCUT2D eigenvalue weighted by molar-refractivity contribution is -0.115. The Morgan fingerprint density at radius 3 is 2.69 bits per heavy atom. The zero-order valence-electron chi connectivity index (χ0n) is 17.5. The Bertz CT molecular complexity index is 1140. The third-order valence-corrected chi connectivity index (χ3v) is 4.72. The molecule has 2 N–H and O–H groups in total. The summed E-state index contributed by atoms with van der Waals surface area (Å²) in [6, 6.07) is 16.3. The van der Waals surface area contributed by atoms with Gasteiger partial charge in [-0.1, -0.05) is 48.5 Å². The molecule has 32 heavy (non-hydrogen) atoms. The summed E-state index contributed by atoms with van der Waals surface area (Å²) in [5, 5.41) is 13.1. The summed E-state index contributed by atoms with van der Waals surface area (Å²) in [6.07, 6.45) is 3.49. The van der Waals surface area contributed by atoms with Gasteiger partial charge in [-0.3, -0.25) is 14.2 Å². The van der Waals surface area contributed by atoms with Crippen molar-refractivity contribution in [2.75, 3.05) is 6.54 Å². The highest BCUT2D eigenvalue weighted by molar-refractivity contribution is 5.89. The molecule has 0 saturated carbocycles. The Morgan fingerprint density at radius 2 is 1.88 bits per heavy atom. The van der Waals surface area contributed by atoms with E-state index >= 15 is 0 Å². The largest absolute Gasteiger partial charge is 0.445 e. The number of para-hydroxylation sites is 1. The van der Waals surface area contributed by atoms with Crippen molar-refractivity contribution >= 4 is 22.8 Å². The van der Waals surface area contributed by atoms with Crippen LogP contribution in [0, 0.1) is 0 Å². The first-order chi connectivity index (χ1) is 15.5. The Morgan fingerprint density at radius 1 is 1.12 bits per heavy atom. The van der Waals surface area contributed by atoms with Crippen LogP contribution >= 0.6 is 0 Å². The van der Waals surface area contributed by atoms with Crippen molar-refractivity contribution in [3.8, 4) is 0 Å². The molecular formula is C24H25N3O5. The van der Waals surface area contributed by atoms with E-state index in [9.17, 15) is 19.5 Å². The molecule has 0 spiro atoms. The quantitative estimate of drug-likeness (QED) is 0.374.